The van der Waals surface area contributed by atoms with Crippen LogP contribution in [-0.4, -0.2) is 33.2 Å². The molecule has 1 amide bonds. The maximum atomic E-state index is 12.2. The Kier molecular flexibility index (Phi) is 7.24. The molecule has 0 spiro atoms. The molecule has 146 valence electrons. The van der Waals surface area contributed by atoms with Crippen molar-refractivity contribution in [2.24, 2.45) is 0 Å². The van der Waals surface area contributed by atoms with Crippen molar-refractivity contribution in [3.05, 3.63) is 48.5 Å². The van der Waals surface area contributed by atoms with Crippen molar-refractivity contribution < 1.29 is 17.9 Å². The van der Waals surface area contributed by atoms with Crippen molar-refractivity contribution in [1.82, 2.24) is 5.32 Å². The van der Waals surface area contributed by atoms with E-state index in [1.54, 1.807) is 36.4 Å². The molecule has 3 rings (SSSR count). The Balaban J connectivity index is 0.00000261. The van der Waals surface area contributed by atoms with Gasteiger partial charge in [0.15, 0.2) is 9.84 Å². The summed E-state index contributed by atoms with van der Waals surface area (Å²) in [6.45, 7) is 0.878. The van der Waals surface area contributed by atoms with E-state index in [-0.39, 0.29) is 29.3 Å². The molecule has 1 heterocycles. The Labute approximate surface area is 165 Å². The first-order valence-electron chi connectivity index (χ1n) is 8.54. The highest BCUT2D eigenvalue weighted by atomic mass is 35.5. The smallest absolute Gasteiger partial charge is 0.241 e. The van der Waals surface area contributed by atoms with Crippen LogP contribution in [0.2, 0.25) is 0 Å². The quantitative estimate of drug-likeness (QED) is 0.789. The Hall–Kier alpha value is -2.09. The molecular formula is C19H23ClN2O4S. The monoisotopic (exact) mass is 410 g/mol. The molecule has 0 saturated carbocycles. The average molecular weight is 411 g/mol. The van der Waals surface area contributed by atoms with Gasteiger partial charge in [-0.2, -0.15) is 0 Å². The fourth-order valence-electron chi connectivity index (χ4n) is 2.80. The van der Waals surface area contributed by atoms with E-state index in [0.717, 1.165) is 25.8 Å². The molecule has 8 heteroatoms. The van der Waals surface area contributed by atoms with Gasteiger partial charge in [-0.05, 0) is 67.9 Å². The van der Waals surface area contributed by atoms with Gasteiger partial charge in [0, 0.05) is 11.9 Å². The normalized spacial score (nSPS) is 16.9. The lowest BCUT2D eigenvalue weighted by atomic mass is 10.0. The van der Waals surface area contributed by atoms with Crippen LogP contribution in [0.15, 0.2) is 53.4 Å². The summed E-state index contributed by atoms with van der Waals surface area (Å²) in [6, 6.07) is 13.2. The summed E-state index contributed by atoms with van der Waals surface area (Å²) in [6.07, 6.45) is 4.20. The molecular weight excluding hydrogens is 388 g/mol. The van der Waals surface area contributed by atoms with Gasteiger partial charge in [0.2, 0.25) is 5.91 Å². The summed E-state index contributed by atoms with van der Waals surface area (Å²) in [5, 5.41) is 6.12. The third-order valence-electron chi connectivity index (χ3n) is 4.24. The van der Waals surface area contributed by atoms with Gasteiger partial charge in [-0.15, -0.1) is 12.4 Å². The number of anilines is 1. The summed E-state index contributed by atoms with van der Waals surface area (Å²) in [4.78, 5) is 12.5. The van der Waals surface area contributed by atoms with Gasteiger partial charge in [-0.25, -0.2) is 8.42 Å². The number of amides is 1. The third-order valence-corrected chi connectivity index (χ3v) is 5.36. The van der Waals surface area contributed by atoms with Crippen LogP contribution >= 0.6 is 12.4 Å². The van der Waals surface area contributed by atoms with Crippen LogP contribution in [0.25, 0.3) is 0 Å². The van der Waals surface area contributed by atoms with Gasteiger partial charge in [0.1, 0.15) is 11.5 Å². The van der Waals surface area contributed by atoms with Gasteiger partial charge in [-0.1, -0.05) is 6.42 Å². The molecule has 0 aliphatic carbocycles. The van der Waals surface area contributed by atoms with Crippen LogP contribution < -0.4 is 15.4 Å². The van der Waals surface area contributed by atoms with Gasteiger partial charge in [0.05, 0.1) is 10.9 Å². The second kappa shape index (κ2) is 9.21. The zero-order valence-corrected chi connectivity index (χ0v) is 16.6. The van der Waals surface area contributed by atoms with Crippen LogP contribution in [0.3, 0.4) is 0 Å². The van der Waals surface area contributed by atoms with Crippen molar-refractivity contribution in [2.75, 3.05) is 18.1 Å². The van der Waals surface area contributed by atoms with E-state index in [1.165, 1.54) is 18.4 Å². The number of rotatable bonds is 5. The number of hydrogen-bond donors (Lipinski definition) is 2. The summed E-state index contributed by atoms with van der Waals surface area (Å²) in [7, 11) is -3.22. The van der Waals surface area contributed by atoms with Crippen LogP contribution in [0.5, 0.6) is 11.5 Å². The number of nitrogens with one attached hydrogen (secondary N) is 2. The zero-order valence-electron chi connectivity index (χ0n) is 15.0. The van der Waals surface area contributed by atoms with Crippen molar-refractivity contribution in [1.29, 1.82) is 0 Å². The number of carbonyl (C=O) groups is 1. The fourth-order valence-corrected chi connectivity index (χ4v) is 3.43. The van der Waals surface area contributed by atoms with Crippen molar-refractivity contribution >= 4 is 33.8 Å². The molecule has 1 aliphatic heterocycles. The molecule has 2 aromatic carbocycles. The molecule has 0 radical (unpaired) electrons. The number of hydrogen-bond acceptors (Lipinski definition) is 5. The first kappa shape index (κ1) is 21.2. The lowest BCUT2D eigenvalue weighted by Gasteiger charge is -2.22. The fraction of sp³-hybridized carbons (Fsp3) is 0.316. The predicted octanol–water partition coefficient (Wildman–Crippen LogP) is 3.38. The average Bonchev–Trinajstić information content (AvgIpc) is 2.64. The van der Waals surface area contributed by atoms with E-state index in [9.17, 15) is 13.2 Å². The second-order valence-electron chi connectivity index (χ2n) is 6.36. The Morgan fingerprint density at radius 1 is 1.04 bits per heavy atom. The van der Waals surface area contributed by atoms with Crippen molar-refractivity contribution in [3.8, 4) is 11.5 Å². The molecule has 0 bridgehead atoms. The van der Waals surface area contributed by atoms with Gasteiger partial charge >= 0.3 is 0 Å². The van der Waals surface area contributed by atoms with Crippen LogP contribution in [0.4, 0.5) is 5.69 Å². The van der Waals surface area contributed by atoms with Crippen molar-refractivity contribution in [2.45, 2.75) is 30.2 Å². The molecule has 0 aromatic heterocycles. The maximum absolute atomic E-state index is 12.2. The topological polar surface area (TPSA) is 84.5 Å². The highest BCUT2D eigenvalue weighted by Crippen LogP contribution is 2.24. The van der Waals surface area contributed by atoms with Gasteiger partial charge in [0.25, 0.3) is 0 Å². The van der Waals surface area contributed by atoms with Crippen LogP contribution in [0, 0.1) is 0 Å². The van der Waals surface area contributed by atoms with E-state index in [0.29, 0.717) is 17.2 Å². The highest BCUT2D eigenvalue weighted by Gasteiger charge is 2.20. The Morgan fingerprint density at radius 2 is 1.63 bits per heavy atom. The van der Waals surface area contributed by atoms with Crippen molar-refractivity contribution in [3.63, 3.8) is 0 Å². The number of ether oxygens (including phenoxy) is 1. The van der Waals surface area contributed by atoms with E-state index in [1.807, 2.05) is 0 Å². The molecule has 1 atom stereocenters. The van der Waals surface area contributed by atoms with E-state index in [2.05, 4.69) is 10.6 Å². The SMILES string of the molecule is CS(=O)(=O)c1ccc(Oc2ccc(NC(=O)C3CCCCN3)cc2)cc1.Cl. The third kappa shape index (κ3) is 5.95. The van der Waals surface area contributed by atoms with E-state index < -0.39 is 9.84 Å². The van der Waals surface area contributed by atoms with Gasteiger partial charge < -0.3 is 15.4 Å². The number of carbonyl (C=O) groups excluding carboxylic acids is 1. The number of halogens is 1. The Bertz CT molecular complexity index is 862. The minimum absolute atomic E-state index is 0. The molecule has 2 aromatic rings. The summed E-state index contributed by atoms with van der Waals surface area (Å²) in [5.41, 5.74) is 0.710. The number of piperidine rings is 1. The molecule has 1 saturated heterocycles. The van der Waals surface area contributed by atoms with Crippen LogP contribution in [-0.2, 0) is 14.6 Å². The predicted molar refractivity (Wildman–Crippen MR) is 108 cm³/mol. The van der Waals surface area contributed by atoms with Gasteiger partial charge in [-0.3, -0.25) is 4.79 Å². The molecule has 6 nitrogen and oxygen atoms in total. The molecule has 1 fully saturated rings. The zero-order chi connectivity index (χ0) is 18.6. The number of benzene rings is 2. The first-order chi connectivity index (χ1) is 12.4. The minimum Gasteiger partial charge on any atom is -0.457 e. The van der Waals surface area contributed by atoms with E-state index >= 15 is 0 Å². The maximum Gasteiger partial charge on any atom is 0.241 e. The lowest BCUT2D eigenvalue weighted by Crippen LogP contribution is -2.43. The number of sulfone groups is 1. The standard InChI is InChI=1S/C19H22N2O4S.ClH/c1-26(23,24)17-11-9-16(10-12-17)25-15-7-5-14(6-8-15)21-19(22)18-4-2-3-13-20-18;/h5-12,18,20H,2-4,13H2,1H3,(H,21,22);1H. The molecule has 27 heavy (non-hydrogen) atoms. The second-order valence-corrected chi connectivity index (χ2v) is 8.38. The summed E-state index contributed by atoms with van der Waals surface area (Å²) < 4.78 is 28.6. The minimum atomic E-state index is -3.22. The van der Waals surface area contributed by atoms with E-state index in [4.69, 9.17) is 4.74 Å². The highest BCUT2D eigenvalue weighted by molar-refractivity contribution is 7.90. The molecule has 1 unspecified atom stereocenters. The summed E-state index contributed by atoms with van der Waals surface area (Å²) >= 11 is 0. The molecule has 1 aliphatic rings. The first-order valence-corrected chi connectivity index (χ1v) is 10.4. The molecule has 2 N–H and O–H groups in total. The summed E-state index contributed by atoms with van der Waals surface area (Å²) in [5.74, 6) is 1.13. The Morgan fingerprint density at radius 3 is 2.15 bits per heavy atom. The largest absolute Gasteiger partial charge is 0.457 e. The lowest BCUT2D eigenvalue weighted by molar-refractivity contribution is -0.118. The van der Waals surface area contributed by atoms with Crippen LogP contribution in [0.1, 0.15) is 19.3 Å².